The highest BCUT2D eigenvalue weighted by atomic mass is 32.2. The molecule has 0 unspecified atom stereocenters. The molecule has 5 heteroatoms. The van der Waals surface area contributed by atoms with Crippen LogP contribution in [0.15, 0.2) is 0 Å². The molecule has 0 aromatic heterocycles. The summed E-state index contributed by atoms with van der Waals surface area (Å²) in [5.41, 5.74) is 0. The first kappa shape index (κ1) is 15.7. The molecule has 1 aliphatic heterocycles. The summed E-state index contributed by atoms with van der Waals surface area (Å²) in [6.45, 7) is 2.20. The minimum atomic E-state index is -0.226. The maximum Gasteiger partial charge on any atom is 0.234 e. The lowest BCUT2D eigenvalue weighted by Gasteiger charge is -2.36. The number of piperidine rings is 1. The number of nitrogens with zero attached hydrogens (tertiary/aromatic N) is 2. The fourth-order valence-electron chi connectivity index (χ4n) is 3.16. The van der Waals surface area contributed by atoms with Crippen molar-refractivity contribution in [1.82, 2.24) is 10.2 Å². The second-order valence-corrected chi connectivity index (χ2v) is 7.18. The van der Waals surface area contributed by atoms with E-state index in [1.807, 2.05) is 6.26 Å². The zero-order valence-electron chi connectivity index (χ0n) is 12.4. The molecular formula is C15H25N3OS. The normalized spacial score (nSPS) is 24.0. The highest BCUT2D eigenvalue weighted by molar-refractivity contribution is 8.00. The summed E-state index contributed by atoms with van der Waals surface area (Å²) < 4.78 is -0.226. The van der Waals surface area contributed by atoms with Crippen molar-refractivity contribution in [2.45, 2.75) is 55.7 Å². The molecule has 1 saturated carbocycles. The van der Waals surface area contributed by atoms with Gasteiger partial charge < -0.3 is 5.32 Å². The number of amides is 1. The average molecular weight is 295 g/mol. The number of nitriles is 1. The number of rotatable bonds is 4. The zero-order valence-corrected chi connectivity index (χ0v) is 13.2. The summed E-state index contributed by atoms with van der Waals surface area (Å²) in [4.78, 5) is 14.2. The molecule has 0 bridgehead atoms. The predicted molar refractivity (Wildman–Crippen MR) is 82.5 cm³/mol. The number of hydrogen-bond donors (Lipinski definition) is 1. The smallest absolute Gasteiger partial charge is 0.234 e. The molecular weight excluding hydrogens is 270 g/mol. The van der Waals surface area contributed by atoms with E-state index in [4.69, 9.17) is 0 Å². The van der Waals surface area contributed by atoms with Crippen LogP contribution < -0.4 is 5.32 Å². The van der Waals surface area contributed by atoms with Crippen LogP contribution in [0.4, 0.5) is 0 Å². The summed E-state index contributed by atoms with van der Waals surface area (Å²) >= 11 is 1.65. The van der Waals surface area contributed by atoms with Crippen molar-refractivity contribution in [1.29, 1.82) is 5.26 Å². The summed E-state index contributed by atoms with van der Waals surface area (Å²) in [5, 5.41) is 12.4. The Balaban J connectivity index is 1.72. The standard InChI is InChI=1S/C15H25N3OS/c1-20-15(12-16)7-9-18(10-8-15)11-14(19)17-13-5-3-2-4-6-13/h13H,2-11H2,1H3,(H,17,19). The molecule has 4 nitrogen and oxygen atoms in total. The van der Waals surface area contributed by atoms with Gasteiger partial charge >= 0.3 is 0 Å². The summed E-state index contributed by atoms with van der Waals surface area (Å²) in [6, 6.07) is 2.84. The third kappa shape index (κ3) is 4.13. The van der Waals surface area contributed by atoms with Crippen molar-refractivity contribution in [3.05, 3.63) is 0 Å². The molecule has 0 radical (unpaired) electrons. The molecule has 0 atom stereocenters. The minimum Gasteiger partial charge on any atom is -0.352 e. The van der Waals surface area contributed by atoms with Crippen LogP contribution in [0.1, 0.15) is 44.9 Å². The zero-order chi connectivity index (χ0) is 14.4. The molecule has 0 aromatic rings. The third-order valence-electron chi connectivity index (χ3n) is 4.60. The van der Waals surface area contributed by atoms with Crippen LogP contribution in [-0.4, -0.2) is 47.5 Å². The van der Waals surface area contributed by atoms with Crippen molar-refractivity contribution in [2.24, 2.45) is 0 Å². The number of hydrogen-bond acceptors (Lipinski definition) is 4. The van der Waals surface area contributed by atoms with E-state index in [-0.39, 0.29) is 10.7 Å². The Labute approximate surface area is 126 Å². The lowest BCUT2D eigenvalue weighted by molar-refractivity contribution is -0.123. The van der Waals surface area contributed by atoms with E-state index in [9.17, 15) is 10.1 Å². The molecule has 2 fully saturated rings. The SMILES string of the molecule is CSC1(C#N)CCN(CC(=O)NC2CCCCC2)CC1. The van der Waals surface area contributed by atoms with E-state index in [1.165, 1.54) is 19.3 Å². The first-order valence-corrected chi connectivity index (χ1v) is 8.88. The van der Waals surface area contributed by atoms with Gasteiger partial charge in [0.05, 0.1) is 12.6 Å². The lowest BCUT2D eigenvalue weighted by atomic mass is 9.95. The van der Waals surface area contributed by atoms with Crippen molar-refractivity contribution in [2.75, 3.05) is 25.9 Å². The molecule has 2 rings (SSSR count). The van der Waals surface area contributed by atoms with Gasteiger partial charge in [-0.05, 0) is 31.9 Å². The van der Waals surface area contributed by atoms with Gasteiger partial charge in [0, 0.05) is 19.1 Å². The van der Waals surface area contributed by atoms with Gasteiger partial charge in [-0.2, -0.15) is 5.26 Å². The first-order valence-electron chi connectivity index (χ1n) is 7.65. The molecule has 1 heterocycles. The van der Waals surface area contributed by atoms with Crippen LogP contribution in [0.3, 0.4) is 0 Å². The van der Waals surface area contributed by atoms with E-state index in [1.54, 1.807) is 11.8 Å². The maximum atomic E-state index is 12.1. The van der Waals surface area contributed by atoms with Gasteiger partial charge in [-0.3, -0.25) is 9.69 Å². The van der Waals surface area contributed by atoms with E-state index in [0.29, 0.717) is 12.6 Å². The first-order chi connectivity index (χ1) is 9.67. The second kappa shape index (κ2) is 7.33. The Kier molecular flexibility index (Phi) is 5.74. The highest BCUT2D eigenvalue weighted by Gasteiger charge is 2.34. The predicted octanol–water partition coefficient (Wildman–Crippen LogP) is 2.16. The monoisotopic (exact) mass is 295 g/mol. The Morgan fingerprint density at radius 2 is 2.00 bits per heavy atom. The summed E-state index contributed by atoms with van der Waals surface area (Å²) in [5.74, 6) is 0.158. The minimum absolute atomic E-state index is 0.158. The lowest BCUT2D eigenvalue weighted by Crippen LogP contribution is -2.47. The van der Waals surface area contributed by atoms with Crippen molar-refractivity contribution in [3.8, 4) is 6.07 Å². The number of thioether (sulfide) groups is 1. The molecule has 1 saturated heterocycles. The van der Waals surface area contributed by atoms with Crippen LogP contribution >= 0.6 is 11.8 Å². The molecule has 2 aliphatic rings. The van der Waals surface area contributed by atoms with Crippen LogP contribution in [0.25, 0.3) is 0 Å². The van der Waals surface area contributed by atoms with Crippen molar-refractivity contribution in [3.63, 3.8) is 0 Å². The van der Waals surface area contributed by atoms with E-state index >= 15 is 0 Å². The fourth-order valence-corrected chi connectivity index (χ4v) is 3.84. The largest absolute Gasteiger partial charge is 0.352 e. The van der Waals surface area contributed by atoms with Crippen molar-refractivity contribution < 1.29 is 4.79 Å². The van der Waals surface area contributed by atoms with Crippen LogP contribution in [0.5, 0.6) is 0 Å². The number of carbonyl (C=O) groups is 1. The quantitative estimate of drug-likeness (QED) is 0.863. The van der Waals surface area contributed by atoms with Crippen LogP contribution in [0, 0.1) is 11.3 Å². The van der Waals surface area contributed by atoms with Gasteiger partial charge in [-0.15, -0.1) is 11.8 Å². The number of carbonyl (C=O) groups excluding carboxylic acids is 1. The molecule has 0 aromatic carbocycles. The maximum absolute atomic E-state index is 12.1. The molecule has 1 aliphatic carbocycles. The Bertz CT molecular complexity index is 366. The Hall–Kier alpha value is -0.730. The van der Waals surface area contributed by atoms with E-state index in [2.05, 4.69) is 16.3 Å². The summed E-state index contributed by atoms with van der Waals surface area (Å²) in [7, 11) is 0. The van der Waals surface area contributed by atoms with Gasteiger partial charge in [0.25, 0.3) is 0 Å². The fraction of sp³-hybridized carbons (Fsp3) is 0.867. The molecule has 1 amide bonds. The molecule has 1 N–H and O–H groups in total. The highest BCUT2D eigenvalue weighted by Crippen LogP contribution is 2.33. The van der Waals surface area contributed by atoms with Gasteiger partial charge in [0.2, 0.25) is 5.91 Å². The molecule has 112 valence electrons. The topological polar surface area (TPSA) is 56.1 Å². The summed E-state index contributed by atoms with van der Waals surface area (Å²) in [6.07, 6.45) is 9.80. The van der Waals surface area contributed by atoms with Gasteiger partial charge in [-0.1, -0.05) is 19.3 Å². The van der Waals surface area contributed by atoms with Gasteiger partial charge in [-0.25, -0.2) is 0 Å². The number of nitrogens with one attached hydrogen (secondary N) is 1. The van der Waals surface area contributed by atoms with Crippen LogP contribution in [0.2, 0.25) is 0 Å². The number of likely N-dealkylation sites (tertiary alicyclic amines) is 1. The van der Waals surface area contributed by atoms with E-state index < -0.39 is 0 Å². The average Bonchev–Trinajstić information content (AvgIpc) is 2.49. The molecule has 20 heavy (non-hydrogen) atoms. The third-order valence-corrected chi connectivity index (χ3v) is 5.88. The Morgan fingerprint density at radius 1 is 1.35 bits per heavy atom. The molecule has 0 spiro atoms. The van der Waals surface area contributed by atoms with Gasteiger partial charge in [0.15, 0.2) is 0 Å². The van der Waals surface area contributed by atoms with Gasteiger partial charge in [0.1, 0.15) is 4.75 Å². The van der Waals surface area contributed by atoms with Crippen molar-refractivity contribution >= 4 is 17.7 Å². The van der Waals surface area contributed by atoms with E-state index in [0.717, 1.165) is 38.8 Å². The Morgan fingerprint density at radius 3 is 2.55 bits per heavy atom. The second-order valence-electron chi connectivity index (χ2n) is 5.99. The van der Waals surface area contributed by atoms with Crippen LogP contribution in [-0.2, 0) is 4.79 Å².